The van der Waals surface area contributed by atoms with Crippen LogP contribution < -0.4 is 0 Å². The van der Waals surface area contributed by atoms with Gasteiger partial charge in [-0.05, 0) is 24.3 Å². The third-order valence-corrected chi connectivity index (χ3v) is 2.41. The summed E-state index contributed by atoms with van der Waals surface area (Å²) in [6, 6.07) is 0. The van der Waals surface area contributed by atoms with Crippen LogP contribution >= 0.6 is 11.8 Å². The van der Waals surface area contributed by atoms with E-state index in [9.17, 15) is 0 Å². The lowest BCUT2D eigenvalue weighted by atomic mass is 10.3. The molecule has 0 saturated heterocycles. The summed E-state index contributed by atoms with van der Waals surface area (Å²) in [5.41, 5.74) is 0. The first kappa shape index (κ1) is 9.35. The highest BCUT2D eigenvalue weighted by molar-refractivity contribution is 7.99. The average Bonchev–Trinajstić information content (AvgIpc) is 1.89. The number of rotatable bonds is 6. The SMILES string of the molecule is [CH2]CCCCSCCC. The fourth-order valence-corrected chi connectivity index (χ4v) is 1.53. The van der Waals surface area contributed by atoms with E-state index in [1.165, 1.54) is 30.8 Å². The Labute approximate surface area is 63.4 Å². The zero-order chi connectivity index (χ0) is 6.95. The van der Waals surface area contributed by atoms with Gasteiger partial charge in [0.15, 0.2) is 0 Å². The molecule has 0 nitrogen and oxygen atoms in total. The van der Waals surface area contributed by atoms with E-state index in [0.717, 1.165) is 6.42 Å². The topological polar surface area (TPSA) is 0 Å². The van der Waals surface area contributed by atoms with Gasteiger partial charge in [0.1, 0.15) is 0 Å². The maximum Gasteiger partial charge on any atom is -0.00675 e. The van der Waals surface area contributed by atoms with Crippen molar-refractivity contribution in [3.63, 3.8) is 0 Å². The average molecular weight is 145 g/mol. The van der Waals surface area contributed by atoms with Gasteiger partial charge in [-0.3, -0.25) is 0 Å². The molecule has 0 aromatic carbocycles. The Kier molecular flexibility index (Phi) is 8.67. The molecule has 0 heterocycles. The van der Waals surface area contributed by atoms with Crippen LogP contribution in [0.4, 0.5) is 0 Å². The molecular weight excluding hydrogens is 128 g/mol. The van der Waals surface area contributed by atoms with Crippen molar-refractivity contribution in [3.05, 3.63) is 6.92 Å². The van der Waals surface area contributed by atoms with Gasteiger partial charge in [-0.2, -0.15) is 11.8 Å². The molecule has 0 bridgehead atoms. The standard InChI is InChI=1S/C8H17S/c1-3-5-6-8-9-7-4-2/h1,3-8H2,2H3. The van der Waals surface area contributed by atoms with Crippen molar-refractivity contribution >= 4 is 11.8 Å². The van der Waals surface area contributed by atoms with Gasteiger partial charge in [0.2, 0.25) is 0 Å². The molecule has 55 valence electrons. The van der Waals surface area contributed by atoms with Crippen molar-refractivity contribution in [1.29, 1.82) is 0 Å². The molecule has 0 aliphatic carbocycles. The van der Waals surface area contributed by atoms with Crippen LogP contribution in [0, 0.1) is 6.92 Å². The Bertz CT molecular complexity index is 37.8. The molecule has 0 atom stereocenters. The van der Waals surface area contributed by atoms with E-state index >= 15 is 0 Å². The second kappa shape index (κ2) is 8.35. The van der Waals surface area contributed by atoms with E-state index in [1.807, 2.05) is 0 Å². The summed E-state index contributed by atoms with van der Waals surface area (Å²) in [7, 11) is 0. The Morgan fingerprint density at radius 3 is 2.56 bits per heavy atom. The Balaban J connectivity index is 2.60. The maximum absolute atomic E-state index is 3.79. The van der Waals surface area contributed by atoms with Crippen LogP contribution in [0.3, 0.4) is 0 Å². The van der Waals surface area contributed by atoms with Crippen LogP contribution in [0.1, 0.15) is 32.6 Å². The van der Waals surface area contributed by atoms with Gasteiger partial charge in [-0.15, -0.1) is 0 Å². The van der Waals surface area contributed by atoms with Gasteiger partial charge in [0, 0.05) is 0 Å². The summed E-state index contributed by atoms with van der Waals surface area (Å²) in [5.74, 6) is 2.67. The van der Waals surface area contributed by atoms with Gasteiger partial charge in [-0.25, -0.2) is 0 Å². The van der Waals surface area contributed by atoms with E-state index in [0.29, 0.717) is 0 Å². The normalized spacial score (nSPS) is 10.0. The second-order valence-electron chi connectivity index (χ2n) is 2.17. The van der Waals surface area contributed by atoms with Crippen LogP contribution in [0.15, 0.2) is 0 Å². The zero-order valence-corrected chi connectivity index (χ0v) is 7.17. The van der Waals surface area contributed by atoms with Crippen molar-refractivity contribution in [2.24, 2.45) is 0 Å². The number of hydrogen-bond donors (Lipinski definition) is 0. The molecule has 1 heteroatoms. The van der Waals surface area contributed by atoms with E-state index in [4.69, 9.17) is 0 Å². The smallest absolute Gasteiger partial charge is 0.00675 e. The first-order valence-corrected chi connectivity index (χ1v) is 4.94. The molecule has 0 rings (SSSR count). The second-order valence-corrected chi connectivity index (χ2v) is 3.40. The predicted octanol–water partition coefficient (Wildman–Crippen LogP) is 3.13. The number of thioether (sulfide) groups is 1. The van der Waals surface area contributed by atoms with Gasteiger partial charge in [-0.1, -0.05) is 26.7 Å². The molecule has 0 spiro atoms. The monoisotopic (exact) mass is 145 g/mol. The highest BCUT2D eigenvalue weighted by Crippen LogP contribution is 2.06. The van der Waals surface area contributed by atoms with Gasteiger partial charge < -0.3 is 0 Å². The molecule has 0 aromatic rings. The maximum atomic E-state index is 3.79. The fraction of sp³-hybridized carbons (Fsp3) is 0.875. The zero-order valence-electron chi connectivity index (χ0n) is 6.36. The molecule has 1 radical (unpaired) electrons. The van der Waals surface area contributed by atoms with Gasteiger partial charge >= 0.3 is 0 Å². The third kappa shape index (κ3) is 8.35. The summed E-state index contributed by atoms with van der Waals surface area (Å²) in [5, 5.41) is 0. The van der Waals surface area contributed by atoms with Crippen LogP contribution in [0.5, 0.6) is 0 Å². The Morgan fingerprint density at radius 2 is 2.00 bits per heavy atom. The molecule has 0 amide bonds. The summed E-state index contributed by atoms with van der Waals surface area (Å²) in [6.45, 7) is 6.02. The van der Waals surface area contributed by atoms with Crippen LogP contribution in [-0.4, -0.2) is 11.5 Å². The number of hydrogen-bond acceptors (Lipinski definition) is 1. The number of unbranched alkanes of at least 4 members (excludes halogenated alkanes) is 2. The quantitative estimate of drug-likeness (QED) is 0.517. The van der Waals surface area contributed by atoms with Crippen molar-refractivity contribution in [3.8, 4) is 0 Å². The Morgan fingerprint density at radius 1 is 1.22 bits per heavy atom. The summed E-state index contributed by atoms with van der Waals surface area (Å²) in [6.07, 6.45) is 5.08. The van der Waals surface area contributed by atoms with E-state index in [1.54, 1.807) is 0 Å². The molecule has 0 saturated carbocycles. The minimum atomic E-state index is 1.10. The van der Waals surface area contributed by atoms with Crippen LogP contribution in [-0.2, 0) is 0 Å². The first-order chi connectivity index (χ1) is 4.41. The van der Waals surface area contributed by atoms with Crippen molar-refractivity contribution in [1.82, 2.24) is 0 Å². The molecule has 0 fully saturated rings. The highest BCUT2D eigenvalue weighted by atomic mass is 32.2. The van der Waals surface area contributed by atoms with Crippen LogP contribution in [0.25, 0.3) is 0 Å². The highest BCUT2D eigenvalue weighted by Gasteiger charge is 1.85. The molecule has 9 heavy (non-hydrogen) atoms. The first-order valence-electron chi connectivity index (χ1n) is 3.78. The van der Waals surface area contributed by atoms with Crippen molar-refractivity contribution in [2.45, 2.75) is 32.6 Å². The molecular formula is C8H17S. The predicted molar refractivity (Wildman–Crippen MR) is 46.8 cm³/mol. The lowest BCUT2D eigenvalue weighted by Crippen LogP contribution is -1.81. The lowest BCUT2D eigenvalue weighted by Gasteiger charge is -1.96. The summed E-state index contributed by atoms with van der Waals surface area (Å²) >= 11 is 2.07. The summed E-state index contributed by atoms with van der Waals surface area (Å²) < 4.78 is 0. The van der Waals surface area contributed by atoms with Crippen LogP contribution in [0.2, 0.25) is 0 Å². The largest absolute Gasteiger partial charge is 0.162 e. The molecule has 0 aromatic heterocycles. The van der Waals surface area contributed by atoms with Crippen molar-refractivity contribution in [2.75, 3.05) is 11.5 Å². The molecule has 0 N–H and O–H groups in total. The van der Waals surface area contributed by atoms with E-state index < -0.39 is 0 Å². The van der Waals surface area contributed by atoms with Gasteiger partial charge in [0.25, 0.3) is 0 Å². The molecule has 0 aliphatic heterocycles. The molecule has 0 aliphatic rings. The summed E-state index contributed by atoms with van der Waals surface area (Å²) in [4.78, 5) is 0. The fourth-order valence-electron chi connectivity index (χ4n) is 0.627. The van der Waals surface area contributed by atoms with E-state index in [-0.39, 0.29) is 0 Å². The van der Waals surface area contributed by atoms with E-state index in [2.05, 4.69) is 25.6 Å². The Hall–Kier alpha value is 0.350. The molecule has 0 unspecified atom stereocenters. The lowest BCUT2D eigenvalue weighted by molar-refractivity contribution is 0.820. The van der Waals surface area contributed by atoms with Gasteiger partial charge in [0.05, 0.1) is 0 Å². The minimum Gasteiger partial charge on any atom is -0.162 e. The van der Waals surface area contributed by atoms with Crippen molar-refractivity contribution < 1.29 is 0 Å². The third-order valence-electron chi connectivity index (χ3n) is 1.14. The minimum absolute atomic E-state index is 1.10.